The molecule has 0 spiro atoms. The van der Waals surface area contributed by atoms with Crippen LogP contribution in [0.3, 0.4) is 0 Å². The van der Waals surface area contributed by atoms with Gasteiger partial charge in [0.15, 0.2) is 0 Å². The first-order valence-corrected chi connectivity index (χ1v) is 10.9. The maximum atomic E-state index is 13.7. The summed E-state index contributed by atoms with van der Waals surface area (Å²) in [5.41, 5.74) is 4.15. The molecule has 1 fully saturated rings. The second kappa shape index (κ2) is 9.22. The molecule has 1 atom stereocenters. The normalized spacial score (nSPS) is 15.8. The number of nitrogens with zero attached hydrogens (tertiary/aromatic N) is 3. The first-order valence-electron chi connectivity index (χ1n) is 10.9. The van der Waals surface area contributed by atoms with Crippen LogP contribution in [0.25, 0.3) is 0 Å². The van der Waals surface area contributed by atoms with E-state index in [0.717, 1.165) is 23.2 Å². The Bertz CT molecular complexity index is 1130. The zero-order chi connectivity index (χ0) is 22.7. The average Bonchev–Trinajstić information content (AvgIpc) is 3.19. The predicted molar refractivity (Wildman–Crippen MR) is 125 cm³/mol. The van der Waals surface area contributed by atoms with E-state index in [-0.39, 0.29) is 30.5 Å². The Balaban J connectivity index is 1.65. The molecule has 1 saturated heterocycles. The number of carbonyl (C=O) groups is 2. The summed E-state index contributed by atoms with van der Waals surface area (Å²) < 4.78 is 0. The third-order valence-corrected chi connectivity index (χ3v) is 5.93. The molecule has 6 nitrogen and oxygen atoms in total. The maximum absolute atomic E-state index is 13.7. The highest BCUT2D eigenvalue weighted by molar-refractivity contribution is 6.05. The fraction of sp³-hybridized carbons (Fsp3) is 0.269. The van der Waals surface area contributed by atoms with E-state index in [1.165, 1.54) is 4.90 Å². The number of phenolic OH excluding ortho intramolecular Hbond substituents is 1. The molecule has 1 N–H and O–H groups in total. The lowest BCUT2D eigenvalue weighted by Crippen LogP contribution is -2.37. The number of aryl methyl sites for hydroxylation is 2. The van der Waals surface area contributed by atoms with E-state index in [1.54, 1.807) is 35.4 Å². The quantitative estimate of drug-likeness (QED) is 0.636. The van der Waals surface area contributed by atoms with Crippen LogP contribution in [0.4, 0.5) is 11.4 Å². The minimum atomic E-state index is -0.505. The molecule has 0 radical (unpaired) electrons. The Morgan fingerprint density at radius 1 is 1.12 bits per heavy atom. The highest BCUT2D eigenvalue weighted by Gasteiger charge is 2.39. The molecule has 0 bridgehead atoms. The Morgan fingerprint density at radius 3 is 2.62 bits per heavy atom. The first kappa shape index (κ1) is 21.6. The molecule has 3 aromatic rings. The van der Waals surface area contributed by atoms with Gasteiger partial charge in [0.2, 0.25) is 11.8 Å². The summed E-state index contributed by atoms with van der Waals surface area (Å²) in [5.74, 6) is -0.734. The smallest absolute Gasteiger partial charge is 0.232 e. The lowest BCUT2D eigenvalue weighted by molar-refractivity contribution is -0.124. The summed E-state index contributed by atoms with van der Waals surface area (Å²) in [4.78, 5) is 34.3. The Hall–Kier alpha value is -3.67. The molecule has 164 valence electrons. The van der Waals surface area contributed by atoms with Crippen molar-refractivity contribution in [2.75, 3.05) is 16.3 Å². The Labute approximate surface area is 188 Å². The fourth-order valence-corrected chi connectivity index (χ4v) is 4.33. The largest absolute Gasteiger partial charge is 0.506 e. The molecule has 1 aliphatic rings. The molecular weight excluding hydrogens is 402 g/mol. The third-order valence-electron chi connectivity index (χ3n) is 5.93. The fourth-order valence-electron chi connectivity index (χ4n) is 4.33. The molecule has 2 amide bonds. The van der Waals surface area contributed by atoms with Crippen LogP contribution in [0, 0.1) is 12.8 Å². The van der Waals surface area contributed by atoms with Gasteiger partial charge < -0.3 is 14.9 Å². The molecule has 0 saturated carbocycles. The van der Waals surface area contributed by atoms with Crippen LogP contribution in [0.5, 0.6) is 5.75 Å². The number of carbonyl (C=O) groups excluding carboxylic acids is 2. The van der Waals surface area contributed by atoms with Crippen molar-refractivity contribution in [1.29, 1.82) is 0 Å². The monoisotopic (exact) mass is 429 g/mol. The highest BCUT2D eigenvalue weighted by Crippen LogP contribution is 2.35. The Kier molecular flexibility index (Phi) is 6.21. The molecule has 1 unspecified atom stereocenters. The number of rotatable bonds is 6. The summed E-state index contributed by atoms with van der Waals surface area (Å²) >= 11 is 0. The van der Waals surface area contributed by atoms with E-state index in [1.807, 2.05) is 43.3 Å². The van der Waals surface area contributed by atoms with Crippen LogP contribution in [-0.2, 0) is 22.6 Å². The number of pyridine rings is 1. The van der Waals surface area contributed by atoms with Gasteiger partial charge in [0, 0.05) is 24.8 Å². The lowest BCUT2D eigenvalue weighted by atomic mass is 10.0. The van der Waals surface area contributed by atoms with Crippen molar-refractivity contribution in [2.45, 2.75) is 33.2 Å². The van der Waals surface area contributed by atoms with Gasteiger partial charge in [-0.1, -0.05) is 43.3 Å². The summed E-state index contributed by atoms with van der Waals surface area (Å²) in [6.07, 6.45) is 2.62. The van der Waals surface area contributed by atoms with E-state index in [0.29, 0.717) is 17.9 Å². The highest BCUT2D eigenvalue weighted by atomic mass is 16.3. The standard InChI is InChI=1S/C26H27N3O3/c1-3-19-10-8-9-18(2)25(19)29-16-20(15-24(29)31)26(32)28(17-21-11-6-7-14-27-21)22-12-4-5-13-23(22)30/h4-14,20,30H,3,15-17H2,1-2H3. The molecule has 4 rings (SSSR count). The number of anilines is 2. The zero-order valence-corrected chi connectivity index (χ0v) is 18.4. The molecule has 6 heteroatoms. The molecule has 0 aliphatic carbocycles. The summed E-state index contributed by atoms with van der Waals surface area (Å²) in [7, 11) is 0. The summed E-state index contributed by atoms with van der Waals surface area (Å²) in [6, 6.07) is 18.3. The van der Waals surface area contributed by atoms with Gasteiger partial charge in [-0.15, -0.1) is 0 Å². The molecule has 1 aliphatic heterocycles. The van der Waals surface area contributed by atoms with Crippen LogP contribution in [-0.4, -0.2) is 28.4 Å². The van der Waals surface area contributed by atoms with Gasteiger partial charge >= 0.3 is 0 Å². The second-order valence-electron chi connectivity index (χ2n) is 8.08. The van der Waals surface area contributed by atoms with Crippen molar-refractivity contribution in [1.82, 2.24) is 4.98 Å². The predicted octanol–water partition coefficient (Wildman–Crippen LogP) is 4.24. The molecule has 1 aromatic heterocycles. The molecule has 2 aromatic carbocycles. The van der Waals surface area contributed by atoms with Crippen LogP contribution in [0.1, 0.15) is 30.2 Å². The van der Waals surface area contributed by atoms with Gasteiger partial charge in [0.25, 0.3) is 0 Å². The number of aromatic nitrogens is 1. The van der Waals surface area contributed by atoms with Crippen LogP contribution < -0.4 is 9.80 Å². The number of hydrogen-bond acceptors (Lipinski definition) is 4. The second-order valence-corrected chi connectivity index (χ2v) is 8.08. The van der Waals surface area contributed by atoms with Gasteiger partial charge in [-0.25, -0.2) is 0 Å². The number of phenols is 1. The summed E-state index contributed by atoms with van der Waals surface area (Å²) in [6.45, 7) is 4.59. The van der Waals surface area contributed by atoms with Crippen molar-refractivity contribution >= 4 is 23.2 Å². The summed E-state index contributed by atoms with van der Waals surface area (Å²) in [5, 5.41) is 10.4. The van der Waals surface area contributed by atoms with E-state index in [9.17, 15) is 14.7 Å². The SMILES string of the molecule is CCc1cccc(C)c1N1CC(C(=O)N(Cc2ccccn2)c2ccccc2O)CC1=O. The number of para-hydroxylation sites is 3. The number of amides is 2. The van der Waals surface area contributed by atoms with Crippen LogP contribution >= 0.6 is 0 Å². The van der Waals surface area contributed by atoms with E-state index in [4.69, 9.17) is 0 Å². The van der Waals surface area contributed by atoms with Gasteiger partial charge in [-0.05, 0) is 48.7 Å². The van der Waals surface area contributed by atoms with Crippen molar-refractivity contribution in [3.05, 3.63) is 83.7 Å². The van der Waals surface area contributed by atoms with Crippen LogP contribution in [0.15, 0.2) is 66.9 Å². The van der Waals surface area contributed by atoms with Gasteiger partial charge in [-0.2, -0.15) is 0 Å². The Morgan fingerprint density at radius 2 is 1.91 bits per heavy atom. The van der Waals surface area contributed by atoms with E-state index >= 15 is 0 Å². The van der Waals surface area contributed by atoms with Crippen LogP contribution in [0.2, 0.25) is 0 Å². The van der Waals surface area contributed by atoms with E-state index < -0.39 is 5.92 Å². The topological polar surface area (TPSA) is 73.7 Å². The van der Waals surface area contributed by atoms with Crippen molar-refractivity contribution in [3.63, 3.8) is 0 Å². The average molecular weight is 430 g/mol. The molecular formula is C26H27N3O3. The minimum Gasteiger partial charge on any atom is -0.506 e. The van der Waals surface area contributed by atoms with Crippen molar-refractivity contribution in [3.8, 4) is 5.75 Å². The molecule has 2 heterocycles. The maximum Gasteiger partial charge on any atom is 0.232 e. The lowest BCUT2D eigenvalue weighted by Gasteiger charge is -2.27. The van der Waals surface area contributed by atoms with Gasteiger partial charge in [0.1, 0.15) is 5.75 Å². The van der Waals surface area contributed by atoms with Crippen molar-refractivity contribution < 1.29 is 14.7 Å². The van der Waals surface area contributed by atoms with Gasteiger partial charge in [0.05, 0.1) is 23.8 Å². The van der Waals surface area contributed by atoms with Crippen molar-refractivity contribution in [2.24, 2.45) is 5.92 Å². The molecule has 32 heavy (non-hydrogen) atoms. The van der Waals surface area contributed by atoms with E-state index in [2.05, 4.69) is 11.9 Å². The first-order chi connectivity index (χ1) is 15.5. The number of benzene rings is 2. The minimum absolute atomic E-state index is 0.0186. The number of aromatic hydroxyl groups is 1. The number of hydrogen-bond donors (Lipinski definition) is 1. The zero-order valence-electron chi connectivity index (χ0n) is 18.4. The van der Waals surface area contributed by atoms with Gasteiger partial charge in [-0.3, -0.25) is 14.6 Å². The third kappa shape index (κ3) is 4.21.